The van der Waals surface area contributed by atoms with Crippen molar-refractivity contribution < 1.29 is 4.74 Å². The van der Waals surface area contributed by atoms with E-state index in [1.165, 1.54) is 0 Å². The molecule has 5 nitrogen and oxygen atoms in total. The highest BCUT2D eigenvalue weighted by Crippen LogP contribution is 2.24. The minimum Gasteiger partial charge on any atom is -0.378 e. The smallest absolute Gasteiger partial charge is 0.228 e. The highest BCUT2D eigenvalue weighted by Gasteiger charge is 2.16. The van der Waals surface area contributed by atoms with Gasteiger partial charge in [0.15, 0.2) is 0 Å². The molecule has 138 valence electrons. The van der Waals surface area contributed by atoms with Crippen LogP contribution < -0.4 is 10.2 Å². The SMILES string of the molecule is Clc1ccc(CNc2cc(-c3ccccc3)nc(N3CCOCC3)n2)cc1. The minimum atomic E-state index is 0.672. The Morgan fingerprint density at radius 2 is 1.70 bits per heavy atom. The van der Waals surface area contributed by atoms with Crippen molar-refractivity contribution in [1.82, 2.24) is 9.97 Å². The maximum absolute atomic E-state index is 5.97. The summed E-state index contributed by atoms with van der Waals surface area (Å²) in [7, 11) is 0. The molecule has 1 N–H and O–H groups in total. The average Bonchev–Trinajstić information content (AvgIpc) is 2.74. The number of aromatic nitrogens is 2. The van der Waals surface area contributed by atoms with Crippen molar-refractivity contribution in [3.05, 3.63) is 71.2 Å². The summed E-state index contributed by atoms with van der Waals surface area (Å²) in [4.78, 5) is 11.7. The largest absolute Gasteiger partial charge is 0.378 e. The maximum Gasteiger partial charge on any atom is 0.228 e. The lowest BCUT2D eigenvalue weighted by molar-refractivity contribution is 0.122. The monoisotopic (exact) mass is 380 g/mol. The number of anilines is 2. The van der Waals surface area contributed by atoms with Gasteiger partial charge in [0, 0.05) is 36.3 Å². The van der Waals surface area contributed by atoms with Gasteiger partial charge in [-0.25, -0.2) is 4.98 Å². The summed E-state index contributed by atoms with van der Waals surface area (Å²) >= 11 is 5.97. The van der Waals surface area contributed by atoms with Crippen LogP contribution in [-0.2, 0) is 11.3 Å². The molecular weight excluding hydrogens is 360 g/mol. The van der Waals surface area contributed by atoms with Crippen LogP contribution in [0, 0.1) is 0 Å². The van der Waals surface area contributed by atoms with Gasteiger partial charge >= 0.3 is 0 Å². The lowest BCUT2D eigenvalue weighted by Crippen LogP contribution is -2.37. The quantitative estimate of drug-likeness (QED) is 0.717. The van der Waals surface area contributed by atoms with Crippen LogP contribution in [-0.4, -0.2) is 36.3 Å². The van der Waals surface area contributed by atoms with Crippen LogP contribution in [0.5, 0.6) is 0 Å². The van der Waals surface area contributed by atoms with Crippen molar-refractivity contribution in [3.63, 3.8) is 0 Å². The molecule has 3 aromatic rings. The molecule has 0 aliphatic carbocycles. The van der Waals surface area contributed by atoms with Crippen molar-refractivity contribution in [2.24, 2.45) is 0 Å². The van der Waals surface area contributed by atoms with E-state index in [1.807, 2.05) is 48.5 Å². The molecule has 0 saturated carbocycles. The van der Waals surface area contributed by atoms with Gasteiger partial charge in [0.2, 0.25) is 5.95 Å². The number of hydrogen-bond acceptors (Lipinski definition) is 5. The number of halogens is 1. The van der Waals surface area contributed by atoms with Crippen molar-refractivity contribution in [1.29, 1.82) is 0 Å². The van der Waals surface area contributed by atoms with E-state index in [-0.39, 0.29) is 0 Å². The first-order valence-electron chi connectivity index (χ1n) is 9.03. The second-order valence-electron chi connectivity index (χ2n) is 6.38. The molecule has 1 fully saturated rings. The molecule has 4 rings (SSSR count). The molecular formula is C21H21ClN4O. The second-order valence-corrected chi connectivity index (χ2v) is 6.82. The predicted octanol–water partition coefficient (Wildman–Crippen LogP) is 4.25. The van der Waals surface area contributed by atoms with Crippen LogP contribution in [0.4, 0.5) is 11.8 Å². The number of hydrogen-bond donors (Lipinski definition) is 1. The van der Waals surface area contributed by atoms with Crippen molar-refractivity contribution in [2.75, 3.05) is 36.5 Å². The summed E-state index contributed by atoms with van der Waals surface area (Å²) in [5.41, 5.74) is 3.13. The zero-order valence-electron chi connectivity index (χ0n) is 14.9. The van der Waals surface area contributed by atoms with E-state index >= 15 is 0 Å². The Balaban J connectivity index is 1.61. The Morgan fingerprint density at radius 3 is 2.44 bits per heavy atom. The normalized spacial score (nSPS) is 14.2. The summed E-state index contributed by atoms with van der Waals surface area (Å²) < 4.78 is 5.46. The Hall–Kier alpha value is -2.63. The Bertz CT molecular complexity index is 880. The summed E-state index contributed by atoms with van der Waals surface area (Å²) in [5.74, 6) is 1.54. The molecule has 0 unspecified atom stereocenters. The third-order valence-electron chi connectivity index (χ3n) is 4.46. The fourth-order valence-electron chi connectivity index (χ4n) is 2.98. The van der Waals surface area contributed by atoms with Crippen LogP contribution in [0.1, 0.15) is 5.56 Å². The highest BCUT2D eigenvalue weighted by molar-refractivity contribution is 6.30. The molecule has 2 heterocycles. The predicted molar refractivity (Wildman–Crippen MR) is 109 cm³/mol. The van der Waals surface area contributed by atoms with Crippen LogP contribution in [0.15, 0.2) is 60.7 Å². The molecule has 1 aromatic heterocycles. The van der Waals surface area contributed by atoms with Crippen LogP contribution in [0.2, 0.25) is 5.02 Å². The fourth-order valence-corrected chi connectivity index (χ4v) is 3.11. The van der Waals surface area contributed by atoms with Gasteiger partial charge in [0.25, 0.3) is 0 Å². The first-order chi connectivity index (χ1) is 13.3. The number of nitrogens with zero attached hydrogens (tertiary/aromatic N) is 3. The summed E-state index contributed by atoms with van der Waals surface area (Å²) in [5, 5.41) is 4.16. The summed E-state index contributed by atoms with van der Waals surface area (Å²) in [6.07, 6.45) is 0. The zero-order valence-corrected chi connectivity index (χ0v) is 15.7. The Labute approximate surface area is 164 Å². The van der Waals surface area contributed by atoms with E-state index in [4.69, 9.17) is 26.3 Å². The number of nitrogens with one attached hydrogen (secondary N) is 1. The fraction of sp³-hybridized carbons (Fsp3) is 0.238. The molecule has 6 heteroatoms. The van der Waals surface area contributed by atoms with Crippen LogP contribution >= 0.6 is 11.6 Å². The van der Waals surface area contributed by atoms with Gasteiger partial charge in [0.1, 0.15) is 5.82 Å². The molecule has 1 aliphatic heterocycles. The third-order valence-corrected chi connectivity index (χ3v) is 4.72. The topological polar surface area (TPSA) is 50.3 Å². The molecule has 0 atom stereocenters. The molecule has 27 heavy (non-hydrogen) atoms. The summed E-state index contributed by atoms with van der Waals surface area (Å²) in [6.45, 7) is 3.67. The Kier molecular flexibility index (Phi) is 5.51. The second kappa shape index (κ2) is 8.37. The van der Waals surface area contributed by atoms with Gasteiger partial charge in [-0.1, -0.05) is 54.1 Å². The first kappa shape index (κ1) is 17.8. The minimum absolute atomic E-state index is 0.672. The van der Waals surface area contributed by atoms with E-state index < -0.39 is 0 Å². The third kappa shape index (κ3) is 4.56. The molecule has 0 radical (unpaired) electrons. The molecule has 0 spiro atoms. The molecule has 0 amide bonds. The Morgan fingerprint density at radius 1 is 0.963 bits per heavy atom. The number of morpholine rings is 1. The van der Waals surface area contributed by atoms with Crippen LogP contribution in [0.25, 0.3) is 11.3 Å². The van der Waals surface area contributed by atoms with E-state index in [9.17, 15) is 0 Å². The van der Waals surface area contributed by atoms with E-state index in [0.29, 0.717) is 19.8 Å². The number of ether oxygens (including phenoxy) is 1. The standard InChI is InChI=1S/C21H21ClN4O/c22-18-8-6-16(7-9-18)15-23-20-14-19(17-4-2-1-3-5-17)24-21(25-20)26-10-12-27-13-11-26/h1-9,14H,10-13,15H2,(H,23,24,25). The van der Waals surface area contributed by atoms with Gasteiger partial charge in [-0.05, 0) is 17.7 Å². The average molecular weight is 381 g/mol. The van der Waals surface area contributed by atoms with E-state index in [2.05, 4.69) is 22.3 Å². The first-order valence-corrected chi connectivity index (χ1v) is 9.41. The van der Waals surface area contributed by atoms with E-state index in [1.54, 1.807) is 0 Å². The zero-order chi connectivity index (χ0) is 18.5. The van der Waals surface area contributed by atoms with Crippen molar-refractivity contribution >= 4 is 23.4 Å². The summed E-state index contributed by atoms with van der Waals surface area (Å²) in [6, 6.07) is 20.0. The van der Waals surface area contributed by atoms with Gasteiger partial charge in [0.05, 0.1) is 18.9 Å². The van der Waals surface area contributed by atoms with E-state index in [0.717, 1.165) is 46.7 Å². The lowest BCUT2D eigenvalue weighted by Gasteiger charge is -2.27. The van der Waals surface area contributed by atoms with Crippen LogP contribution in [0.3, 0.4) is 0 Å². The molecule has 0 bridgehead atoms. The molecule has 1 saturated heterocycles. The maximum atomic E-state index is 5.97. The number of benzene rings is 2. The van der Waals surface area contributed by atoms with Gasteiger partial charge < -0.3 is 15.0 Å². The highest BCUT2D eigenvalue weighted by atomic mass is 35.5. The van der Waals surface area contributed by atoms with Crippen molar-refractivity contribution in [3.8, 4) is 11.3 Å². The molecule has 1 aliphatic rings. The van der Waals surface area contributed by atoms with Gasteiger partial charge in [-0.15, -0.1) is 0 Å². The lowest BCUT2D eigenvalue weighted by atomic mass is 10.1. The van der Waals surface area contributed by atoms with Gasteiger partial charge in [-0.2, -0.15) is 4.98 Å². The molecule has 2 aromatic carbocycles. The van der Waals surface area contributed by atoms with Gasteiger partial charge in [-0.3, -0.25) is 0 Å². The van der Waals surface area contributed by atoms with Crippen molar-refractivity contribution in [2.45, 2.75) is 6.54 Å². The number of rotatable bonds is 5.